The molecule has 0 aromatic carbocycles. The summed E-state index contributed by atoms with van der Waals surface area (Å²) in [5.41, 5.74) is 1.27. The normalized spacial score (nSPS) is 13.7. The van der Waals surface area contributed by atoms with Crippen molar-refractivity contribution in [3.05, 3.63) is 46.2 Å². The topological polar surface area (TPSA) is 34.1 Å². The van der Waals surface area contributed by atoms with Crippen molar-refractivity contribution >= 4 is 72.2 Å². The molecule has 0 aliphatic heterocycles. The number of carbonyl (C=O) groups is 2. The molecule has 6 heteroatoms. The quantitative estimate of drug-likeness (QED) is 0.251. The van der Waals surface area contributed by atoms with Crippen LogP contribution in [0.2, 0.25) is 0 Å². The minimum absolute atomic E-state index is 0.179. The smallest absolute Gasteiger partial charge is 0.199 e. The van der Waals surface area contributed by atoms with Gasteiger partial charge in [-0.05, 0) is 62.9 Å². The van der Waals surface area contributed by atoms with E-state index in [1.54, 1.807) is 17.4 Å². The molecule has 0 saturated heterocycles. The molecule has 0 fully saturated rings. The molecule has 0 spiro atoms. The van der Waals surface area contributed by atoms with E-state index in [-0.39, 0.29) is 17.1 Å². The maximum absolute atomic E-state index is 12.6. The van der Waals surface area contributed by atoms with Gasteiger partial charge in [-0.3, -0.25) is 9.59 Å². The molecule has 3 rings (SSSR count). The van der Waals surface area contributed by atoms with Crippen LogP contribution >= 0.6 is 54.5 Å². The third kappa shape index (κ3) is 3.52. The van der Waals surface area contributed by atoms with E-state index < -0.39 is 0 Å². The summed E-state index contributed by atoms with van der Waals surface area (Å²) < 4.78 is 1.43. The predicted octanol–water partition coefficient (Wildman–Crippen LogP) is 6.92. The van der Waals surface area contributed by atoms with E-state index in [4.69, 9.17) is 0 Å². The minimum atomic E-state index is -0.179. The second kappa shape index (κ2) is 7.77. The summed E-state index contributed by atoms with van der Waals surface area (Å²) in [6.07, 6.45) is 7.77. The van der Waals surface area contributed by atoms with Crippen molar-refractivity contribution in [2.24, 2.45) is 0 Å². The zero-order chi connectivity index (χ0) is 17.3. The monoisotopic (exact) mass is 486 g/mol. The number of hydrogen-bond acceptors (Lipinski definition) is 4. The van der Waals surface area contributed by atoms with Gasteiger partial charge in [-0.25, -0.2) is 0 Å². The first-order chi connectivity index (χ1) is 11.5. The van der Waals surface area contributed by atoms with Crippen LogP contribution in [-0.4, -0.2) is 11.6 Å². The highest BCUT2D eigenvalue weighted by molar-refractivity contribution is 9.12. The van der Waals surface area contributed by atoms with E-state index in [0.29, 0.717) is 18.7 Å². The number of aryl methyl sites for hydroxylation is 1. The maximum Gasteiger partial charge on any atom is 0.199 e. The number of unbranched alkanes of at least 4 members (excludes halogenated alkanes) is 3. The van der Waals surface area contributed by atoms with Crippen LogP contribution in [0.4, 0.5) is 0 Å². The van der Waals surface area contributed by atoms with Gasteiger partial charge in [0, 0.05) is 9.75 Å². The zero-order valence-corrected chi connectivity index (χ0v) is 18.0. The van der Waals surface area contributed by atoms with Gasteiger partial charge in [0.25, 0.3) is 0 Å². The molecule has 0 N–H and O–H groups in total. The van der Waals surface area contributed by atoms with Crippen molar-refractivity contribution in [1.82, 2.24) is 0 Å². The summed E-state index contributed by atoms with van der Waals surface area (Å²) in [4.78, 5) is 27.4. The fourth-order valence-electron chi connectivity index (χ4n) is 2.76. The molecule has 2 nitrogen and oxygen atoms in total. The summed E-state index contributed by atoms with van der Waals surface area (Å²) >= 11 is 9.81. The molecule has 0 atom stereocenters. The molecule has 0 saturated carbocycles. The first-order valence-electron chi connectivity index (χ1n) is 7.90. The predicted molar refractivity (Wildman–Crippen MR) is 109 cm³/mol. The van der Waals surface area contributed by atoms with Crippen LogP contribution in [-0.2, 0) is 6.42 Å². The van der Waals surface area contributed by atoms with Crippen molar-refractivity contribution in [1.29, 1.82) is 0 Å². The van der Waals surface area contributed by atoms with Crippen molar-refractivity contribution in [2.75, 3.05) is 0 Å². The summed E-state index contributed by atoms with van der Waals surface area (Å²) in [6, 6.07) is 4.11. The van der Waals surface area contributed by atoms with Crippen LogP contribution in [0.3, 0.4) is 0 Å². The van der Waals surface area contributed by atoms with Gasteiger partial charge in [0.05, 0.1) is 24.3 Å². The van der Waals surface area contributed by atoms with E-state index in [1.165, 1.54) is 41.9 Å². The first kappa shape index (κ1) is 18.2. The Morgan fingerprint density at radius 1 is 0.958 bits per heavy atom. The Hall–Kier alpha value is -0.560. The molecule has 126 valence electrons. The van der Waals surface area contributed by atoms with Crippen LogP contribution in [0.25, 0.3) is 6.08 Å². The number of halogens is 2. The third-order valence-corrected chi connectivity index (χ3v) is 7.63. The Bertz CT molecular complexity index is 792. The Morgan fingerprint density at radius 3 is 2.25 bits per heavy atom. The number of allylic oxidation sites excluding steroid dienone is 1. The van der Waals surface area contributed by atoms with Crippen LogP contribution in [0.15, 0.2) is 25.3 Å². The molecule has 0 amide bonds. The summed E-state index contributed by atoms with van der Waals surface area (Å²) in [6.45, 7) is 2.21. The lowest BCUT2D eigenvalue weighted by molar-refractivity contribution is 0.0990. The Morgan fingerprint density at radius 2 is 1.62 bits per heavy atom. The third-order valence-electron chi connectivity index (χ3n) is 4.01. The van der Waals surface area contributed by atoms with Gasteiger partial charge in [-0.2, -0.15) is 0 Å². The lowest BCUT2D eigenvalue weighted by atomic mass is 10.1. The van der Waals surface area contributed by atoms with Crippen LogP contribution in [0.5, 0.6) is 0 Å². The van der Waals surface area contributed by atoms with Gasteiger partial charge < -0.3 is 0 Å². The van der Waals surface area contributed by atoms with Gasteiger partial charge in [-0.15, -0.1) is 22.7 Å². The molecule has 1 aliphatic rings. The highest BCUT2D eigenvalue weighted by atomic mass is 79.9. The van der Waals surface area contributed by atoms with Crippen molar-refractivity contribution in [2.45, 2.75) is 39.0 Å². The molecule has 2 heterocycles. The second-order valence-corrected chi connectivity index (χ2v) is 10.6. The van der Waals surface area contributed by atoms with Gasteiger partial charge in [0.15, 0.2) is 11.6 Å². The van der Waals surface area contributed by atoms with E-state index in [2.05, 4.69) is 44.8 Å². The van der Waals surface area contributed by atoms with Crippen LogP contribution in [0, 0.1) is 0 Å². The van der Waals surface area contributed by atoms with E-state index in [0.717, 1.165) is 11.3 Å². The fraction of sp³-hybridized carbons (Fsp3) is 0.333. The maximum atomic E-state index is 12.6. The van der Waals surface area contributed by atoms with Crippen molar-refractivity contribution in [3.63, 3.8) is 0 Å². The van der Waals surface area contributed by atoms with E-state index in [9.17, 15) is 9.59 Å². The zero-order valence-electron chi connectivity index (χ0n) is 13.2. The summed E-state index contributed by atoms with van der Waals surface area (Å²) in [7, 11) is 0. The second-order valence-electron chi connectivity index (χ2n) is 5.73. The number of thiophene rings is 2. The molecule has 1 aliphatic carbocycles. The average Bonchev–Trinajstić information content (AvgIpc) is 3.18. The first-order valence-corrected chi connectivity index (χ1v) is 11.1. The van der Waals surface area contributed by atoms with Crippen LogP contribution in [0.1, 0.15) is 63.1 Å². The molecule has 0 radical (unpaired) electrons. The molecular weight excluding hydrogens is 472 g/mol. The number of Topliss-reactive ketones (excluding diaryl/α,β-unsaturated/α-hetero) is 2. The standard InChI is InChI=1S/C18H16Br2O2S2/c1-2-3-4-5-6-10-7-8-11(23-10)9-12-15(21)13-14(16(12)22)18(20)24-17(13)19/h7-9H,2-6H2,1H3. The van der Waals surface area contributed by atoms with E-state index in [1.807, 2.05) is 6.07 Å². The fourth-order valence-corrected chi connectivity index (χ4v) is 6.89. The van der Waals surface area contributed by atoms with Gasteiger partial charge in [0.1, 0.15) is 0 Å². The summed E-state index contributed by atoms with van der Waals surface area (Å²) in [5.74, 6) is -0.358. The number of rotatable bonds is 6. The van der Waals surface area contributed by atoms with Crippen LogP contribution < -0.4 is 0 Å². The van der Waals surface area contributed by atoms with Gasteiger partial charge >= 0.3 is 0 Å². The van der Waals surface area contributed by atoms with Crippen molar-refractivity contribution in [3.8, 4) is 0 Å². The number of carbonyl (C=O) groups excluding carboxylic acids is 2. The number of ketones is 2. The molecular formula is C18H16Br2O2S2. The Kier molecular flexibility index (Phi) is 5.90. The largest absolute Gasteiger partial charge is 0.288 e. The molecule has 24 heavy (non-hydrogen) atoms. The number of hydrogen-bond donors (Lipinski definition) is 0. The summed E-state index contributed by atoms with van der Waals surface area (Å²) in [5, 5.41) is 0. The molecule has 0 unspecified atom stereocenters. The lowest BCUT2D eigenvalue weighted by Crippen LogP contribution is -2.00. The molecule has 0 bridgehead atoms. The molecule has 2 aromatic rings. The average molecular weight is 488 g/mol. The Labute approximate surface area is 166 Å². The van der Waals surface area contributed by atoms with Crippen molar-refractivity contribution < 1.29 is 9.59 Å². The molecule has 2 aromatic heterocycles. The highest BCUT2D eigenvalue weighted by Gasteiger charge is 2.38. The minimum Gasteiger partial charge on any atom is -0.288 e. The SMILES string of the molecule is CCCCCCc1ccc(C=C2C(=O)c3c(Br)sc(Br)c3C2=O)s1. The number of fused-ring (bicyclic) bond motifs is 1. The lowest BCUT2D eigenvalue weighted by Gasteiger charge is -1.97. The Balaban J connectivity index is 1.78. The van der Waals surface area contributed by atoms with E-state index >= 15 is 0 Å². The highest BCUT2D eigenvalue weighted by Crippen LogP contribution is 2.44. The van der Waals surface area contributed by atoms with Gasteiger partial charge in [0.2, 0.25) is 0 Å². The van der Waals surface area contributed by atoms with Gasteiger partial charge in [-0.1, -0.05) is 26.2 Å².